The van der Waals surface area contributed by atoms with E-state index in [9.17, 15) is 19.7 Å². The molecule has 4 rings (SSSR count). The maximum Gasteiger partial charge on any atom is 0.269 e. The third-order valence-corrected chi connectivity index (χ3v) is 6.37. The third-order valence-electron chi connectivity index (χ3n) is 5.84. The molecule has 10 nitrogen and oxygen atoms in total. The van der Waals surface area contributed by atoms with Gasteiger partial charge < -0.3 is 14.5 Å². The van der Waals surface area contributed by atoms with Gasteiger partial charge in [0.25, 0.3) is 17.5 Å². The molecule has 4 aromatic rings. The number of nitrogens with zero attached hydrogens (tertiary/aromatic N) is 2. The number of amides is 2. The third kappa shape index (κ3) is 8.17. The lowest BCUT2D eigenvalue weighted by atomic mass is 10.1. The predicted octanol–water partition coefficient (Wildman–Crippen LogP) is 5.81. The van der Waals surface area contributed by atoms with Gasteiger partial charge in [-0.3, -0.25) is 19.7 Å². The number of ether oxygens (including phenoxy) is 1. The highest BCUT2D eigenvalue weighted by Gasteiger charge is 2.25. The van der Waals surface area contributed by atoms with Crippen molar-refractivity contribution in [2.75, 3.05) is 0 Å². The number of nitrogens with one attached hydrogen (secondary N) is 2. The number of nitro groups is 1. The number of halogens is 2. The Morgan fingerprint density at radius 1 is 1.02 bits per heavy atom. The van der Waals surface area contributed by atoms with E-state index in [-0.39, 0.29) is 22.9 Å². The van der Waals surface area contributed by atoms with Crippen LogP contribution >= 0.6 is 23.2 Å². The summed E-state index contributed by atoms with van der Waals surface area (Å²) in [7, 11) is 0. The van der Waals surface area contributed by atoms with Crippen LogP contribution in [-0.4, -0.2) is 35.1 Å². The Kier molecular flexibility index (Phi) is 9.73. The number of furan rings is 1. The van der Waals surface area contributed by atoms with Crippen LogP contribution in [0.3, 0.4) is 0 Å². The molecule has 0 spiro atoms. The van der Waals surface area contributed by atoms with Crippen LogP contribution < -0.4 is 15.5 Å². The lowest BCUT2D eigenvalue weighted by molar-refractivity contribution is -0.384. The number of benzene rings is 3. The first kappa shape index (κ1) is 29.3. The maximum atomic E-state index is 13.1. The molecule has 0 aliphatic rings. The summed E-state index contributed by atoms with van der Waals surface area (Å²) in [5, 5.41) is 18.2. The number of nitro benzene ring substituents is 1. The Balaban J connectivity index is 1.41. The average Bonchev–Trinajstić information content (AvgIpc) is 3.43. The first-order valence-electron chi connectivity index (χ1n) is 12.3. The Hall–Kier alpha value is -4.67. The molecule has 0 saturated carbocycles. The van der Waals surface area contributed by atoms with E-state index in [0.29, 0.717) is 22.1 Å². The number of hydrogen-bond donors (Lipinski definition) is 2. The molecule has 0 unspecified atom stereocenters. The van der Waals surface area contributed by atoms with Crippen molar-refractivity contribution in [3.63, 3.8) is 0 Å². The van der Waals surface area contributed by atoms with Crippen LogP contribution in [0.15, 0.2) is 94.4 Å². The normalized spacial score (nSPS) is 12.5. The van der Waals surface area contributed by atoms with E-state index >= 15 is 0 Å². The van der Waals surface area contributed by atoms with Gasteiger partial charge in [0.15, 0.2) is 6.10 Å². The van der Waals surface area contributed by atoms with Crippen molar-refractivity contribution < 1.29 is 23.7 Å². The van der Waals surface area contributed by atoms with Crippen molar-refractivity contribution >= 4 is 46.9 Å². The number of carbonyl (C=O) groups excluding carboxylic acids is 2. The zero-order chi connectivity index (χ0) is 29.4. The van der Waals surface area contributed by atoms with Gasteiger partial charge in [-0.1, -0.05) is 53.5 Å². The van der Waals surface area contributed by atoms with Gasteiger partial charge in [-0.2, -0.15) is 5.10 Å². The summed E-state index contributed by atoms with van der Waals surface area (Å²) in [5.41, 5.74) is 3.87. The van der Waals surface area contributed by atoms with Gasteiger partial charge in [-0.25, -0.2) is 5.43 Å². The molecule has 41 heavy (non-hydrogen) atoms. The van der Waals surface area contributed by atoms with Gasteiger partial charge in [-0.15, -0.1) is 0 Å². The Bertz CT molecular complexity index is 1560. The van der Waals surface area contributed by atoms with E-state index in [1.165, 1.54) is 31.3 Å². The molecule has 3 aromatic carbocycles. The fourth-order valence-corrected chi connectivity index (χ4v) is 4.18. The Labute approximate surface area is 245 Å². The summed E-state index contributed by atoms with van der Waals surface area (Å²) in [6.45, 7) is 1.54. The molecule has 0 aliphatic carbocycles. The Morgan fingerprint density at radius 2 is 1.76 bits per heavy atom. The van der Waals surface area contributed by atoms with Crippen molar-refractivity contribution in [1.29, 1.82) is 0 Å². The smallest absolute Gasteiger partial charge is 0.269 e. The number of hydrazone groups is 1. The van der Waals surface area contributed by atoms with Crippen LogP contribution in [0.2, 0.25) is 10.0 Å². The molecule has 0 bridgehead atoms. The maximum absolute atomic E-state index is 13.1. The lowest BCUT2D eigenvalue weighted by Gasteiger charge is -2.21. The van der Waals surface area contributed by atoms with Gasteiger partial charge in [0, 0.05) is 29.1 Å². The quantitative estimate of drug-likeness (QED) is 0.128. The summed E-state index contributed by atoms with van der Waals surface area (Å²) in [4.78, 5) is 36.4. The number of carbonyl (C=O) groups is 2. The zero-order valence-electron chi connectivity index (χ0n) is 21.6. The molecule has 0 aliphatic heterocycles. The van der Waals surface area contributed by atoms with Crippen molar-refractivity contribution in [3.05, 3.63) is 116 Å². The summed E-state index contributed by atoms with van der Waals surface area (Å²) in [6, 6.07) is 22.1. The average molecular weight is 595 g/mol. The van der Waals surface area contributed by atoms with Crippen LogP contribution in [0.25, 0.3) is 11.3 Å². The molecule has 1 heterocycles. The summed E-state index contributed by atoms with van der Waals surface area (Å²) >= 11 is 12.1. The molecule has 1 aromatic heterocycles. The van der Waals surface area contributed by atoms with E-state index in [1.54, 1.807) is 36.4 Å². The summed E-state index contributed by atoms with van der Waals surface area (Å²) in [6.07, 6.45) is 0.541. The van der Waals surface area contributed by atoms with Gasteiger partial charge in [-0.05, 0) is 55.0 Å². The number of non-ortho nitro benzene ring substituents is 1. The molecular formula is C29H24Cl2N4O6. The molecule has 2 amide bonds. The van der Waals surface area contributed by atoms with Gasteiger partial charge in [0.2, 0.25) is 0 Å². The highest BCUT2D eigenvalue weighted by Crippen LogP contribution is 2.28. The molecule has 2 atom stereocenters. The first-order valence-corrected chi connectivity index (χ1v) is 13.1. The minimum atomic E-state index is -0.971. The van der Waals surface area contributed by atoms with Crippen molar-refractivity contribution in [2.45, 2.75) is 25.5 Å². The van der Waals surface area contributed by atoms with Gasteiger partial charge in [0.1, 0.15) is 23.3 Å². The molecule has 0 fully saturated rings. The summed E-state index contributed by atoms with van der Waals surface area (Å²) < 4.78 is 11.4. The van der Waals surface area contributed by atoms with Crippen molar-refractivity contribution in [2.24, 2.45) is 5.10 Å². The standard InChI is InChI=1S/C29H24Cl2N4O6/c1-18(40-27-13-9-21(30)16-24(27)31)28(36)33-25(15-19-5-3-2-4-6-19)29(37)34-32-17-23-12-14-26(41-23)20-7-10-22(11-8-20)35(38)39/h2-14,16-18,25H,15H2,1H3,(H,33,36)(H,34,37)/b32-17-/t18-,25+/m0/s1. The highest BCUT2D eigenvalue weighted by molar-refractivity contribution is 6.35. The number of hydrogen-bond acceptors (Lipinski definition) is 7. The fraction of sp³-hybridized carbons (Fsp3) is 0.138. The SMILES string of the molecule is C[C@H](Oc1ccc(Cl)cc1Cl)C(=O)N[C@H](Cc1ccccc1)C(=O)N/N=C\c1ccc(-c2ccc([N+](=O)[O-])cc2)o1. The first-order chi connectivity index (χ1) is 19.7. The monoisotopic (exact) mass is 594 g/mol. The zero-order valence-corrected chi connectivity index (χ0v) is 23.1. The van der Waals surface area contributed by atoms with Gasteiger partial charge >= 0.3 is 0 Å². The molecule has 210 valence electrons. The van der Waals surface area contributed by atoms with E-state index in [0.717, 1.165) is 5.56 Å². The molecule has 0 radical (unpaired) electrons. The minimum absolute atomic E-state index is 0.0308. The van der Waals surface area contributed by atoms with E-state index in [1.807, 2.05) is 30.3 Å². The molecular weight excluding hydrogens is 571 g/mol. The van der Waals surface area contributed by atoms with Crippen LogP contribution in [0.5, 0.6) is 5.75 Å². The van der Waals surface area contributed by atoms with Crippen LogP contribution in [0.4, 0.5) is 5.69 Å². The second-order valence-electron chi connectivity index (χ2n) is 8.83. The van der Waals surface area contributed by atoms with Crippen molar-refractivity contribution in [3.8, 4) is 17.1 Å². The molecule has 2 N–H and O–H groups in total. The fourth-order valence-electron chi connectivity index (χ4n) is 3.73. The lowest BCUT2D eigenvalue weighted by Crippen LogP contribution is -2.50. The number of rotatable bonds is 11. The van der Waals surface area contributed by atoms with E-state index < -0.39 is 28.9 Å². The van der Waals surface area contributed by atoms with E-state index in [4.69, 9.17) is 32.4 Å². The highest BCUT2D eigenvalue weighted by atomic mass is 35.5. The minimum Gasteiger partial charge on any atom is -0.479 e. The Morgan fingerprint density at radius 3 is 2.44 bits per heavy atom. The van der Waals surface area contributed by atoms with E-state index in [2.05, 4.69) is 15.8 Å². The predicted molar refractivity (Wildman–Crippen MR) is 155 cm³/mol. The van der Waals surface area contributed by atoms with Gasteiger partial charge in [0.05, 0.1) is 16.2 Å². The van der Waals surface area contributed by atoms with Crippen molar-refractivity contribution in [1.82, 2.24) is 10.7 Å². The van der Waals surface area contributed by atoms with Crippen LogP contribution in [0, 0.1) is 10.1 Å². The van der Waals surface area contributed by atoms with Crippen LogP contribution in [0.1, 0.15) is 18.2 Å². The largest absolute Gasteiger partial charge is 0.479 e. The van der Waals surface area contributed by atoms with Crippen LogP contribution in [-0.2, 0) is 16.0 Å². The second-order valence-corrected chi connectivity index (χ2v) is 9.67. The molecule has 12 heteroatoms. The second kappa shape index (κ2) is 13.6. The molecule has 0 saturated heterocycles. The topological polar surface area (TPSA) is 136 Å². The summed E-state index contributed by atoms with van der Waals surface area (Å²) in [5.74, 6) is -0.00747.